The standard InChI is InChI=1S/C9H14N4O2S/c10-3-7-5-13(6-7)9-2-1-8(4-12-9)16(11,14)15/h1-2,4,7H,3,5-6,10H2,(H2,11,14,15). The highest BCUT2D eigenvalue weighted by atomic mass is 32.2. The van der Waals surface area contributed by atoms with Crippen LogP contribution in [0.25, 0.3) is 0 Å². The van der Waals surface area contributed by atoms with Crippen LogP contribution in [0.1, 0.15) is 0 Å². The molecule has 0 amide bonds. The minimum absolute atomic E-state index is 0.0344. The van der Waals surface area contributed by atoms with Crippen LogP contribution in [0.3, 0.4) is 0 Å². The summed E-state index contributed by atoms with van der Waals surface area (Å²) in [5, 5.41) is 4.98. The Morgan fingerprint density at radius 2 is 2.12 bits per heavy atom. The number of aromatic nitrogens is 1. The van der Waals surface area contributed by atoms with Gasteiger partial charge in [-0.25, -0.2) is 18.5 Å². The van der Waals surface area contributed by atoms with Gasteiger partial charge in [-0.2, -0.15) is 0 Å². The lowest BCUT2D eigenvalue weighted by atomic mass is 10.0. The highest BCUT2D eigenvalue weighted by Crippen LogP contribution is 2.22. The number of hydrogen-bond acceptors (Lipinski definition) is 5. The topological polar surface area (TPSA) is 102 Å². The first-order valence-corrected chi connectivity index (χ1v) is 6.49. The van der Waals surface area contributed by atoms with Crippen LogP contribution in [0, 0.1) is 5.92 Å². The summed E-state index contributed by atoms with van der Waals surface area (Å²) in [6.45, 7) is 2.42. The van der Waals surface area contributed by atoms with E-state index in [2.05, 4.69) is 4.98 Å². The molecule has 0 atom stereocenters. The summed E-state index contributed by atoms with van der Waals surface area (Å²) < 4.78 is 22.0. The van der Waals surface area contributed by atoms with Crippen molar-refractivity contribution in [1.29, 1.82) is 0 Å². The van der Waals surface area contributed by atoms with E-state index in [1.165, 1.54) is 12.3 Å². The van der Waals surface area contributed by atoms with Crippen LogP contribution < -0.4 is 15.8 Å². The number of nitrogens with zero attached hydrogens (tertiary/aromatic N) is 2. The molecule has 0 aromatic carbocycles. The van der Waals surface area contributed by atoms with Crippen LogP contribution in [0.4, 0.5) is 5.82 Å². The lowest BCUT2D eigenvalue weighted by Gasteiger charge is -2.39. The average molecular weight is 242 g/mol. The van der Waals surface area contributed by atoms with Gasteiger partial charge in [0.2, 0.25) is 10.0 Å². The molecule has 0 saturated carbocycles. The summed E-state index contributed by atoms with van der Waals surface area (Å²) in [5.41, 5.74) is 5.51. The first kappa shape index (κ1) is 11.3. The Balaban J connectivity index is 2.10. The van der Waals surface area contributed by atoms with E-state index in [1.807, 2.05) is 4.90 Å². The maximum absolute atomic E-state index is 11.0. The third-order valence-electron chi connectivity index (χ3n) is 2.66. The van der Waals surface area contributed by atoms with Gasteiger partial charge in [0, 0.05) is 25.2 Å². The van der Waals surface area contributed by atoms with E-state index in [9.17, 15) is 8.42 Å². The lowest BCUT2D eigenvalue weighted by molar-refractivity contribution is 0.417. The fourth-order valence-electron chi connectivity index (χ4n) is 1.63. The molecule has 0 radical (unpaired) electrons. The SMILES string of the molecule is NCC1CN(c2ccc(S(N)(=O)=O)cn2)C1. The van der Waals surface area contributed by atoms with E-state index in [-0.39, 0.29) is 4.90 Å². The van der Waals surface area contributed by atoms with Crippen LogP contribution in [0.15, 0.2) is 23.2 Å². The van der Waals surface area contributed by atoms with Crippen LogP contribution in [0.2, 0.25) is 0 Å². The molecule has 0 bridgehead atoms. The summed E-state index contributed by atoms with van der Waals surface area (Å²) in [6.07, 6.45) is 1.28. The summed E-state index contributed by atoms with van der Waals surface area (Å²) in [7, 11) is -3.65. The third-order valence-corrected chi connectivity index (χ3v) is 3.56. The van der Waals surface area contributed by atoms with Crippen molar-refractivity contribution in [2.45, 2.75) is 4.90 Å². The molecule has 88 valence electrons. The Morgan fingerprint density at radius 1 is 1.44 bits per heavy atom. The largest absolute Gasteiger partial charge is 0.356 e. The minimum atomic E-state index is -3.65. The zero-order valence-corrected chi connectivity index (χ0v) is 9.52. The molecule has 0 spiro atoms. The van der Waals surface area contributed by atoms with Gasteiger partial charge in [0.05, 0.1) is 0 Å². The summed E-state index contributed by atoms with van der Waals surface area (Å²) >= 11 is 0. The second kappa shape index (κ2) is 4.00. The number of rotatable bonds is 3. The molecular formula is C9H14N4O2S. The average Bonchev–Trinajstić information content (AvgIpc) is 2.15. The van der Waals surface area contributed by atoms with Crippen molar-refractivity contribution in [3.05, 3.63) is 18.3 Å². The number of anilines is 1. The Labute approximate surface area is 94.3 Å². The normalized spacial score (nSPS) is 17.2. The minimum Gasteiger partial charge on any atom is -0.356 e. The summed E-state index contributed by atoms with van der Waals surface area (Å²) in [5.74, 6) is 1.27. The van der Waals surface area contributed by atoms with Crippen LogP contribution >= 0.6 is 0 Å². The number of pyridine rings is 1. The van der Waals surface area contributed by atoms with Gasteiger partial charge in [-0.15, -0.1) is 0 Å². The van der Waals surface area contributed by atoms with Gasteiger partial charge < -0.3 is 10.6 Å². The molecule has 6 nitrogen and oxygen atoms in total. The third kappa shape index (κ3) is 2.16. The number of nitrogens with two attached hydrogens (primary N) is 2. The van der Waals surface area contributed by atoms with Crippen molar-refractivity contribution in [3.63, 3.8) is 0 Å². The van der Waals surface area contributed by atoms with E-state index >= 15 is 0 Å². The zero-order chi connectivity index (χ0) is 11.8. The second-order valence-corrected chi connectivity index (χ2v) is 5.47. The van der Waals surface area contributed by atoms with Crippen molar-refractivity contribution in [1.82, 2.24) is 4.98 Å². The quantitative estimate of drug-likeness (QED) is 0.717. The Hall–Kier alpha value is -1.18. The maximum atomic E-state index is 11.0. The monoisotopic (exact) mass is 242 g/mol. The second-order valence-electron chi connectivity index (χ2n) is 3.90. The summed E-state index contributed by atoms with van der Waals surface area (Å²) in [6, 6.07) is 3.12. The number of hydrogen-bond donors (Lipinski definition) is 2. The molecule has 1 aliphatic rings. The Kier molecular flexibility index (Phi) is 2.83. The van der Waals surface area contributed by atoms with Gasteiger partial charge >= 0.3 is 0 Å². The van der Waals surface area contributed by atoms with Gasteiger partial charge in [0.1, 0.15) is 10.7 Å². The molecule has 1 aliphatic heterocycles. The highest BCUT2D eigenvalue weighted by molar-refractivity contribution is 7.89. The molecule has 0 aliphatic carbocycles. The van der Waals surface area contributed by atoms with Crippen LogP contribution in [-0.2, 0) is 10.0 Å². The molecule has 1 fully saturated rings. The van der Waals surface area contributed by atoms with Crippen molar-refractivity contribution >= 4 is 15.8 Å². The van der Waals surface area contributed by atoms with E-state index in [0.29, 0.717) is 12.5 Å². The van der Waals surface area contributed by atoms with Crippen LogP contribution in [0.5, 0.6) is 0 Å². The molecule has 1 saturated heterocycles. The van der Waals surface area contributed by atoms with Crippen molar-refractivity contribution in [2.24, 2.45) is 16.8 Å². The fraction of sp³-hybridized carbons (Fsp3) is 0.444. The number of sulfonamides is 1. The van der Waals surface area contributed by atoms with E-state index < -0.39 is 10.0 Å². The number of primary sulfonamides is 1. The van der Waals surface area contributed by atoms with Crippen molar-refractivity contribution < 1.29 is 8.42 Å². The van der Waals surface area contributed by atoms with Gasteiger partial charge in [0.25, 0.3) is 0 Å². The van der Waals surface area contributed by atoms with Gasteiger partial charge in [-0.05, 0) is 18.7 Å². The smallest absolute Gasteiger partial charge is 0.239 e. The molecule has 0 unspecified atom stereocenters. The molecule has 2 rings (SSSR count). The van der Waals surface area contributed by atoms with Crippen molar-refractivity contribution in [3.8, 4) is 0 Å². The zero-order valence-electron chi connectivity index (χ0n) is 8.70. The molecule has 2 heterocycles. The van der Waals surface area contributed by atoms with Crippen LogP contribution in [-0.4, -0.2) is 33.0 Å². The first-order chi connectivity index (χ1) is 7.50. The Bertz CT molecular complexity index is 465. The molecule has 16 heavy (non-hydrogen) atoms. The maximum Gasteiger partial charge on any atom is 0.239 e. The summed E-state index contributed by atoms with van der Waals surface area (Å²) in [4.78, 5) is 6.14. The molecule has 1 aromatic heterocycles. The van der Waals surface area contributed by atoms with E-state index in [0.717, 1.165) is 18.9 Å². The molecular weight excluding hydrogens is 228 g/mol. The predicted octanol–water partition coefficient (Wildman–Crippen LogP) is -0.876. The lowest BCUT2D eigenvalue weighted by Crippen LogP contribution is -2.50. The Morgan fingerprint density at radius 3 is 2.56 bits per heavy atom. The molecule has 4 N–H and O–H groups in total. The van der Waals surface area contributed by atoms with Gasteiger partial charge in [0.15, 0.2) is 0 Å². The predicted molar refractivity (Wildman–Crippen MR) is 60.4 cm³/mol. The highest BCUT2D eigenvalue weighted by Gasteiger charge is 2.26. The molecule has 1 aromatic rings. The first-order valence-electron chi connectivity index (χ1n) is 4.94. The van der Waals surface area contributed by atoms with Crippen molar-refractivity contribution in [2.75, 3.05) is 24.5 Å². The van der Waals surface area contributed by atoms with Gasteiger partial charge in [-0.1, -0.05) is 0 Å². The molecule has 7 heteroatoms. The van der Waals surface area contributed by atoms with Gasteiger partial charge in [-0.3, -0.25) is 0 Å². The fourth-order valence-corrected chi connectivity index (χ4v) is 2.09. The van der Waals surface area contributed by atoms with E-state index in [1.54, 1.807) is 6.07 Å². The van der Waals surface area contributed by atoms with E-state index in [4.69, 9.17) is 10.9 Å².